The Hall–Kier alpha value is -8.49. The molecule has 0 aliphatic heterocycles. The van der Waals surface area contributed by atoms with E-state index in [4.69, 9.17) is 9.40 Å². The average Bonchev–Trinajstić information content (AvgIpc) is 4.00. The molecule has 0 saturated carbocycles. The number of nitriles is 2. The third kappa shape index (κ3) is 5.10. The minimum Gasteiger partial charge on any atom is -0.455 e. The molecule has 0 bridgehead atoms. The van der Waals surface area contributed by atoms with Gasteiger partial charge in [0, 0.05) is 44.5 Å². The zero-order valence-electron chi connectivity index (χ0n) is 33.2. The first-order valence-corrected chi connectivity index (χ1v) is 22.6. The molecule has 0 saturated heterocycles. The lowest BCUT2D eigenvalue weighted by molar-refractivity contribution is 0.673. The lowest BCUT2D eigenvalue weighted by Crippen LogP contribution is -2.74. The quantitative estimate of drug-likeness (QED) is 0.124. The molecular weight excluding hydrogens is 775 g/mol. The number of aromatic nitrogens is 3. The number of hydrogen-bond donors (Lipinski definition) is 0. The van der Waals surface area contributed by atoms with Crippen LogP contribution in [0.4, 0.5) is 0 Å². The van der Waals surface area contributed by atoms with Crippen LogP contribution in [0.25, 0.3) is 77.1 Å². The lowest BCUT2D eigenvalue weighted by Gasteiger charge is -2.35. The monoisotopic (exact) mass is 807 g/mol. The van der Waals surface area contributed by atoms with Gasteiger partial charge < -0.3 is 8.98 Å². The SMILES string of the molecule is N#Cc1cc(-n2c3ccc(C#N)cc3c3cccnc32)cc([Si](c2ccccc2)(c2ccccc2)c2cccc(-n3c4ccccc4c4c5oc6ccccc6c5ccc43)c2)c1. The maximum absolute atomic E-state index is 10.8. The summed E-state index contributed by atoms with van der Waals surface area (Å²) in [5.41, 5.74) is 8.58. The smallest absolute Gasteiger partial charge is 0.179 e. The molecule has 8 aromatic carbocycles. The number of nitrogens with zero attached hydrogens (tertiary/aromatic N) is 5. The van der Waals surface area contributed by atoms with E-state index in [1.54, 1.807) is 6.20 Å². The van der Waals surface area contributed by atoms with E-state index in [9.17, 15) is 10.5 Å². The summed E-state index contributed by atoms with van der Waals surface area (Å²) in [6.07, 6.45) is 1.80. The molecule has 0 aliphatic rings. The molecule has 0 amide bonds. The van der Waals surface area contributed by atoms with E-state index in [0.29, 0.717) is 11.1 Å². The molecule has 4 aromatic heterocycles. The Bertz CT molecular complexity index is 3810. The van der Waals surface area contributed by atoms with Crippen molar-refractivity contribution in [1.82, 2.24) is 14.1 Å². The van der Waals surface area contributed by atoms with E-state index < -0.39 is 8.07 Å². The molecule has 0 unspecified atom stereocenters. The number of fused-ring (bicyclic) bond motifs is 10. The van der Waals surface area contributed by atoms with Crippen molar-refractivity contribution in [2.75, 3.05) is 0 Å². The Labute approximate surface area is 357 Å². The normalized spacial score (nSPS) is 11.8. The summed E-state index contributed by atoms with van der Waals surface area (Å²) in [7, 11) is -3.25. The number of para-hydroxylation sites is 2. The summed E-state index contributed by atoms with van der Waals surface area (Å²) in [4.78, 5) is 4.89. The van der Waals surface area contributed by atoms with Gasteiger partial charge >= 0.3 is 0 Å². The van der Waals surface area contributed by atoms with Gasteiger partial charge in [0.2, 0.25) is 0 Å². The van der Waals surface area contributed by atoms with Crippen molar-refractivity contribution in [2.45, 2.75) is 0 Å². The van der Waals surface area contributed by atoms with Gasteiger partial charge in [-0.25, -0.2) is 4.98 Å². The van der Waals surface area contributed by atoms with Gasteiger partial charge in [-0.3, -0.25) is 4.57 Å². The molecule has 0 fully saturated rings. The second kappa shape index (κ2) is 13.8. The Morgan fingerprint density at radius 3 is 1.89 bits per heavy atom. The van der Waals surface area contributed by atoms with Gasteiger partial charge in [0.05, 0.1) is 45.2 Å². The average molecular weight is 808 g/mol. The third-order valence-electron chi connectivity index (χ3n) is 12.5. The number of furan rings is 1. The van der Waals surface area contributed by atoms with Gasteiger partial charge in [0.25, 0.3) is 0 Å². The Morgan fingerprint density at radius 2 is 1.10 bits per heavy atom. The molecule has 0 aliphatic carbocycles. The van der Waals surface area contributed by atoms with Crippen LogP contribution in [0.15, 0.2) is 205 Å². The molecular formula is C55H33N5OSi. The maximum atomic E-state index is 10.8. The lowest BCUT2D eigenvalue weighted by atomic mass is 10.1. The van der Waals surface area contributed by atoms with E-state index in [-0.39, 0.29) is 0 Å². The van der Waals surface area contributed by atoms with Crippen LogP contribution in [0.1, 0.15) is 11.1 Å². The summed E-state index contributed by atoms with van der Waals surface area (Å²) in [6.45, 7) is 0. The van der Waals surface area contributed by atoms with Crippen molar-refractivity contribution in [3.8, 4) is 23.5 Å². The largest absolute Gasteiger partial charge is 0.455 e. The van der Waals surface area contributed by atoms with Crippen LogP contribution in [0.2, 0.25) is 0 Å². The van der Waals surface area contributed by atoms with Crippen molar-refractivity contribution < 1.29 is 4.42 Å². The van der Waals surface area contributed by atoms with E-state index in [2.05, 4.69) is 167 Å². The van der Waals surface area contributed by atoms with Crippen LogP contribution in [0.5, 0.6) is 0 Å². The second-order valence-corrected chi connectivity index (χ2v) is 19.6. The molecule has 7 heteroatoms. The van der Waals surface area contributed by atoms with Crippen molar-refractivity contribution in [1.29, 1.82) is 10.5 Å². The summed E-state index contributed by atoms with van der Waals surface area (Å²) < 4.78 is 11.2. The van der Waals surface area contributed by atoms with Gasteiger partial charge in [-0.1, -0.05) is 109 Å². The third-order valence-corrected chi connectivity index (χ3v) is 17.3. The van der Waals surface area contributed by atoms with Gasteiger partial charge in [-0.15, -0.1) is 0 Å². The molecule has 62 heavy (non-hydrogen) atoms. The highest BCUT2D eigenvalue weighted by atomic mass is 28.3. The first-order chi connectivity index (χ1) is 30.6. The number of hydrogen-bond acceptors (Lipinski definition) is 4. The standard InChI is InChI=1S/C55H33N5OSi/c56-34-36-24-26-50-48(31-36)46-21-12-28-58-55(46)60(50)39-29-37(35-57)30-43(33-39)62(40-14-3-1-4-15-40,41-16-5-2-6-17-41)42-18-11-13-38(32-42)59-49-22-9-7-20-47(49)53-51(59)27-25-45-44-19-8-10-23-52(44)61-54(45)53/h1-33H. The van der Waals surface area contributed by atoms with Gasteiger partial charge in [0.1, 0.15) is 16.8 Å². The van der Waals surface area contributed by atoms with E-state index in [1.165, 1.54) is 15.6 Å². The molecule has 6 nitrogen and oxygen atoms in total. The minimum absolute atomic E-state index is 0.550. The highest BCUT2D eigenvalue weighted by Crippen LogP contribution is 2.40. The maximum Gasteiger partial charge on any atom is 0.179 e. The minimum atomic E-state index is -3.25. The fraction of sp³-hybridized carbons (Fsp3) is 0. The summed E-state index contributed by atoms with van der Waals surface area (Å²) >= 11 is 0. The second-order valence-electron chi connectivity index (χ2n) is 15.8. The Morgan fingerprint density at radius 1 is 0.435 bits per heavy atom. The predicted molar refractivity (Wildman–Crippen MR) is 253 cm³/mol. The van der Waals surface area contributed by atoms with Crippen molar-refractivity contribution in [2.24, 2.45) is 0 Å². The molecule has 0 radical (unpaired) electrons. The van der Waals surface area contributed by atoms with Crippen LogP contribution < -0.4 is 20.7 Å². The molecule has 12 aromatic rings. The molecule has 0 N–H and O–H groups in total. The molecule has 0 spiro atoms. The van der Waals surface area contributed by atoms with Crippen LogP contribution in [-0.4, -0.2) is 22.2 Å². The Kier molecular flexibility index (Phi) is 7.88. The van der Waals surface area contributed by atoms with Crippen LogP contribution in [-0.2, 0) is 0 Å². The van der Waals surface area contributed by atoms with Crippen molar-refractivity contribution in [3.05, 3.63) is 211 Å². The van der Waals surface area contributed by atoms with Crippen LogP contribution >= 0.6 is 0 Å². The molecule has 12 rings (SSSR count). The van der Waals surface area contributed by atoms with Crippen LogP contribution in [0.3, 0.4) is 0 Å². The highest BCUT2D eigenvalue weighted by molar-refractivity contribution is 7.20. The molecule has 4 heterocycles. The zero-order valence-corrected chi connectivity index (χ0v) is 34.2. The fourth-order valence-corrected chi connectivity index (χ4v) is 14.8. The Balaban J connectivity index is 1.17. The zero-order chi connectivity index (χ0) is 41.4. The van der Waals surface area contributed by atoms with E-state index in [1.807, 2.05) is 48.5 Å². The van der Waals surface area contributed by atoms with Crippen LogP contribution in [0, 0.1) is 22.7 Å². The van der Waals surface area contributed by atoms with Gasteiger partial charge in [0.15, 0.2) is 8.07 Å². The van der Waals surface area contributed by atoms with E-state index >= 15 is 0 Å². The van der Waals surface area contributed by atoms with Crippen molar-refractivity contribution in [3.63, 3.8) is 0 Å². The number of benzene rings is 8. The summed E-state index contributed by atoms with van der Waals surface area (Å²) in [6, 6.07) is 72.8. The van der Waals surface area contributed by atoms with Gasteiger partial charge in [-0.05, 0) is 106 Å². The summed E-state index contributed by atoms with van der Waals surface area (Å²) in [5, 5.41) is 31.6. The molecule has 0 atom stereocenters. The van der Waals surface area contributed by atoms with Gasteiger partial charge in [-0.2, -0.15) is 10.5 Å². The highest BCUT2D eigenvalue weighted by Gasteiger charge is 2.42. The number of pyridine rings is 1. The fourth-order valence-electron chi connectivity index (χ4n) is 9.97. The summed E-state index contributed by atoms with van der Waals surface area (Å²) in [5.74, 6) is 0. The number of rotatable bonds is 6. The first kappa shape index (κ1) is 35.5. The molecule has 288 valence electrons. The predicted octanol–water partition coefficient (Wildman–Crippen LogP) is 10.3. The first-order valence-electron chi connectivity index (χ1n) is 20.6. The van der Waals surface area contributed by atoms with E-state index in [0.717, 1.165) is 82.2 Å². The topological polar surface area (TPSA) is 83.5 Å². The van der Waals surface area contributed by atoms with Crippen molar-refractivity contribution >= 4 is 94.5 Å².